The second kappa shape index (κ2) is 48.9. The standard InChI is InChI=1S/C15H25N3O7S.C13H20N4O8S.C13H22N4O7S.C12H20N4O7S.C11H16N4O8S.C11H18N4O7S/c1-2-10-4-3-5-12(8-10)24-16-14(19)13-7-6-11-9-17(13)15(20)18(11)25-26(21,22)23;1-8(18)15-5-4-10(7-15)24-14-12(19)11-3-2-9-6-16(11)13(20)17(9)25-26(21,22)23;14-8-2-1-3-10(6-8)23-15-12(18)11-5-4-9-7-16(11)13(19)17(9)24-25(20,21)22;1-14-5-4-9(7-14)22-13-11(17)10-3-2-8-6-15(10)12(18)16(8)23-24(19,20)21;16-9-3-7(4-12-9)22-13-10(17)8-2-1-6-5-14(8)11(18)15(6)23-24(19,20)21;16-10(13-21-8-3-4-12-5-8)9-2-1-7-6-14(9)11(17)15(7)22-23(18,19)20/h10-13H,2-9H2,1H3,(H,16,19)(H,21,22,23);9-11H,2-7H2,1H3,(H,14,19)(H,21,22,23);8-11H,1-7,14H2,(H,15,18)(H,20,21,22);8-10H,2-7H2,1H3,(H,13,17)(H,19,20,21);6-8H,1-5H2,(H,12,16)(H,13,17)(H,19,20,21);7-9,12H,1-6H2,(H,13,16)(H,18,19,20)/t10?,11-,12?,13+;9-,10?,11+;8?,9-,10?,11+;8-,9?,10+;6-,7?,8+;7-,8?,9+/m111111/s1. The summed E-state index contributed by atoms with van der Waals surface area (Å²) in [6, 6.07) is -12.6. The number of carbonyl (C=O) groups is 14. The Morgan fingerprint density at radius 1 is 0.338 bits per heavy atom. The van der Waals surface area contributed by atoms with Gasteiger partial charge in [-0.1, -0.05) is 26.2 Å². The number of nitrogens with zero attached hydrogens (tertiary/aromatic N) is 14. The zero-order valence-electron chi connectivity index (χ0n) is 79.9. The molecule has 0 radical (unpaired) electrons. The number of likely N-dealkylation sites (N-methyl/N-ethyl adjacent to an activating group) is 1. The van der Waals surface area contributed by atoms with Gasteiger partial charge < -0.3 is 55.6 Å². The Balaban J connectivity index is 0.000000148. The van der Waals surface area contributed by atoms with Crippen molar-refractivity contribution in [3.63, 3.8) is 0 Å². The molecule has 67 nitrogen and oxygen atoms in total. The maximum atomic E-state index is 12.5. The van der Waals surface area contributed by atoms with Gasteiger partial charge in [0.05, 0.1) is 67.1 Å². The molecule has 16 aliphatic heterocycles. The van der Waals surface area contributed by atoms with Crippen molar-refractivity contribution in [1.82, 2.24) is 113 Å². The van der Waals surface area contributed by atoms with E-state index >= 15 is 0 Å². The van der Waals surface area contributed by atoms with Gasteiger partial charge in [0, 0.05) is 91.5 Å². The summed E-state index contributed by atoms with van der Waals surface area (Å²) in [4.78, 5) is 213. The molecule has 836 valence electrons. The van der Waals surface area contributed by atoms with E-state index in [1.165, 1.54) is 37.8 Å². The molecule has 16 heterocycles. The van der Waals surface area contributed by atoms with Crippen molar-refractivity contribution in [1.29, 1.82) is 0 Å². The predicted molar refractivity (Wildman–Crippen MR) is 481 cm³/mol. The van der Waals surface area contributed by atoms with Crippen molar-refractivity contribution in [2.75, 3.05) is 92.1 Å². The van der Waals surface area contributed by atoms with E-state index in [1.54, 1.807) is 4.90 Å². The Morgan fingerprint density at radius 3 is 0.878 bits per heavy atom. The first-order valence-corrected chi connectivity index (χ1v) is 55.7. The third-order valence-corrected chi connectivity index (χ3v) is 29.7. The van der Waals surface area contributed by atoms with Crippen LogP contribution in [0.2, 0.25) is 0 Å². The number of nitrogens with two attached hydrogens (primary N) is 1. The summed E-state index contributed by atoms with van der Waals surface area (Å²) in [5.74, 6) is -2.56. The molecule has 20 amide bonds. The van der Waals surface area contributed by atoms with E-state index in [9.17, 15) is 118 Å². The van der Waals surface area contributed by atoms with Crippen LogP contribution in [-0.2, 0) is 155 Å². The molecular weight excluding hydrogens is 2120 g/mol. The van der Waals surface area contributed by atoms with E-state index in [0.717, 1.165) is 75.8 Å². The highest BCUT2D eigenvalue weighted by molar-refractivity contribution is 7.82. The van der Waals surface area contributed by atoms with Gasteiger partial charge in [-0.3, -0.25) is 94.7 Å². The van der Waals surface area contributed by atoms with Gasteiger partial charge in [0.1, 0.15) is 48.5 Å². The van der Waals surface area contributed by atoms with Crippen LogP contribution in [0, 0.1) is 5.92 Å². The fraction of sp³-hybridized carbons (Fsp3) is 0.813. The van der Waals surface area contributed by atoms with Gasteiger partial charge in [-0.05, 0) is 154 Å². The lowest BCUT2D eigenvalue weighted by atomic mass is 9.86. The third kappa shape index (κ3) is 30.8. The average Bonchev–Trinajstić information content (AvgIpc) is 1.65. The highest BCUT2D eigenvalue weighted by Crippen LogP contribution is 2.39. The molecule has 2 saturated carbocycles. The average molecular weight is 2240 g/mol. The molecule has 0 aromatic heterocycles. The van der Waals surface area contributed by atoms with Gasteiger partial charge >= 0.3 is 98.6 Å². The van der Waals surface area contributed by atoms with Crippen LogP contribution in [0.1, 0.15) is 174 Å². The second-order valence-electron chi connectivity index (χ2n) is 38.0. The molecule has 16 saturated heterocycles. The fourth-order valence-corrected chi connectivity index (χ4v) is 22.7. The minimum Gasteiger partial charge on any atom is -0.353 e. The molecule has 16 N–H and O–H groups in total. The number of rotatable bonds is 31. The molecule has 18 aliphatic rings. The molecule has 18 fully saturated rings. The maximum Gasteiger partial charge on any atom is 0.418 e. The first-order valence-electron chi connectivity index (χ1n) is 47.5. The van der Waals surface area contributed by atoms with Gasteiger partial charge in [-0.15, -0.1) is 25.7 Å². The van der Waals surface area contributed by atoms with Crippen LogP contribution in [0.5, 0.6) is 0 Å². The van der Waals surface area contributed by atoms with Gasteiger partial charge in [-0.25, -0.2) is 61.6 Å². The minimum absolute atomic E-state index is 0.0253. The first kappa shape index (κ1) is 115. The fourth-order valence-electron chi connectivity index (χ4n) is 20.4. The lowest BCUT2D eigenvalue weighted by molar-refractivity contribution is -0.146. The summed E-state index contributed by atoms with van der Waals surface area (Å²) in [5, 5.41) is 9.21. The smallest absolute Gasteiger partial charge is 0.353 e. The van der Waals surface area contributed by atoms with Crippen molar-refractivity contribution in [2.24, 2.45) is 11.7 Å². The molecule has 20 atom stereocenters. The second-order valence-corrected chi connectivity index (χ2v) is 44.0. The third-order valence-electron chi connectivity index (χ3n) is 27.6. The van der Waals surface area contributed by atoms with Crippen LogP contribution in [-0.4, -0.2) is 438 Å². The summed E-state index contributed by atoms with van der Waals surface area (Å²) in [6.45, 7) is 8.67. The zero-order chi connectivity index (χ0) is 108. The summed E-state index contributed by atoms with van der Waals surface area (Å²) >= 11 is 0. The quantitative estimate of drug-likeness (QED) is 0.0227. The summed E-state index contributed by atoms with van der Waals surface area (Å²) in [7, 11) is -26.9. The highest BCUT2D eigenvalue weighted by atomic mass is 32.3. The normalized spacial score (nSPS) is 30.8. The largest absolute Gasteiger partial charge is 0.418 e. The molecule has 12 bridgehead atoms. The molecule has 148 heavy (non-hydrogen) atoms. The minimum atomic E-state index is -4.83. The van der Waals surface area contributed by atoms with E-state index in [0.29, 0.717) is 146 Å². The van der Waals surface area contributed by atoms with E-state index in [2.05, 4.69) is 81.0 Å². The van der Waals surface area contributed by atoms with Crippen LogP contribution in [0.25, 0.3) is 0 Å². The number of hydrogen-bond donors (Lipinski definition) is 15. The van der Waals surface area contributed by atoms with E-state index in [-0.39, 0.29) is 107 Å². The van der Waals surface area contributed by atoms with Gasteiger partial charge in [0.15, 0.2) is 0 Å². The number of carbonyl (C=O) groups excluding carboxylic acids is 14. The number of hydroxylamine groups is 18. The molecule has 73 heteroatoms. The van der Waals surface area contributed by atoms with Crippen LogP contribution < -0.4 is 49.2 Å². The van der Waals surface area contributed by atoms with Crippen molar-refractivity contribution in [3.05, 3.63) is 0 Å². The predicted octanol–water partition coefficient (Wildman–Crippen LogP) is -5.96. The van der Waals surface area contributed by atoms with Gasteiger partial charge in [0.2, 0.25) is 11.8 Å². The SMILES string of the molecule is CC(=O)N1CCC(ONC(=O)[C@@H]2CC[C@@H]3CN2C(=O)N3OS(=O)(=O)O)C1.CCC1CCCC(ONC(=O)[C@@H]2CC[C@@H]3CN2C(=O)N3OS(=O)(=O)O)C1.CN1CCC(ONC(=O)[C@@H]2CC[C@@H]3CN2C(=O)N3OS(=O)(=O)O)C1.NC1CCCC(ONC(=O)[C@@H]2CC[C@@H]3CN2C(=O)N3OS(=O)(=O)O)C1.O=C(NOC1CCNC1)[C@@H]1CC[C@@H]2CN1C(=O)N2OS(=O)(=O)O.O=C1CC(ONC(=O)[C@@H]2CC[C@@H]3CN2C(=O)N3OS(=O)(=O)O)CN1. The number of urea groups is 6. The summed E-state index contributed by atoms with van der Waals surface area (Å²) in [5.41, 5.74) is 20.0. The lowest BCUT2D eigenvalue weighted by Gasteiger charge is -2.31. The van der Waals surface area contributed by atoms with Gasteiger partial charge in [-0.2, -0.15) is 80.9 Å². The van der Waals surface area contributed by atoms with E-state index in [4.69, 9.17) is 62.1 Å². The summed E-state index contributed by atoms with van der Waals surface area (Å²) < 4.78 is 208. The number of fused-ring (bicyclic) bond motifs is 12. The molecule has 0 aromatic rings. The topological polar surface area (TPSA) is 844 Å². The van der Waals surface area contributed by atoms with Crippen molar-refractivity contribution < 1.29 is 200 Å². The number of nitrogens with one attached hydrogen (secondary N) is 8. The Labute approximate surface area is 847 Å². The van der Waals surface area contributed by atoms with Crippen molar-refractivity contribution in [3.8, 4) is 0 Å². The Kier molecular flexibility index (Phi) is 38.1. The number of piperidine rings is 6. The van der Waals surface area contributed by atoms with Crippen molar-refractivity contribution in [2.45, 2.75) is 290 Å². The Hall–Kier alpha value is -9.76. The monoisotopic (exact) mass is 2240 g/mol. The number of hydrogen-bond acceptors (Lipinski definition) is 41. The molecular formula is C75H121N23O44S6. The molecule has 0 aromatic carbocycles. The molecule has 8 unspecified atom stereocenters. The van der Waals surface area contributed by atoms with E-state index < -0.39 is 213 Å². The van der Waals surface area contributed by atoms with Crippen LogP contribution in [0.15, 0.2) is 0 Å². The Bertz CT molecular complexity index is 5620. The van der Waals surface area contributed by atoms with E-state index in [1.807, 2.05) is 7.05 Å². The summed E-state index contributed by atoms with van der Waals surface area (Å²) in [6.07, 6.45) is 13.7. The first-order chi connectivity index (χ1) is 69.5. The Morgan fingerprint density at radius 2 is 0.622 bits per heavy atom. The van der Waals surface area contributed by atoms with Crippen LogP contribution >= 0.6 is 0 Å². The van der Waals surface area contributed by atoms with Crippen LogP contribution in [0.4, 0.5) is 28.8 Å². The van der Waals surface area contributed by atoms with Crippen LogP contribution in [0.3, 0.4) is 0 Å². The molecule has 0 spiro atoms. The zero-order valence-corrected chi connectivity index (χ0v) is 84.8. The molecule has 18 rings (SSSR count). The highest BCUT2D eigenvalue weighted by Gasteiger charge is 2.57. The molecule has 2 aliphatic carbocycles. The lowest BCUT2D eigenvalue weighted by Crippen LogP contribution is -2.50. The number of likely N-dealkylation sites (tertiary alicyclic amines) is 2. The van der Waals surface area contributed by atoms with Crippen molar-refractivity contribution >= 4 is 146 Å². The maximum absolute atomic E-state index is 12.5. The van der Waals surface area contributed by atoms with Gasteiger partial charge in [0.25, 0.3) is 35.4 Å². The number of amides is 20.